The number of aromatic nitrogens is 1. The molecule has 6 nitrogen and oxygen atoms in total. The zero-order valence-corrected chi connectivity index (χ0v) is 15.6. The Kier molecular flexibility index (Phi) is 6.51. The van der Waals surface area contributed by atoms with Crippen LogP contribution in [0.3, 0.4) is 0 Å². The van der Waals surface area contributed by atoms with Gasteiger partial charge in [-0.1, -0.05) is 11.3 Å². The number of amides is 1. The molecular formula is C17H19FN4O2S2. The number of aliphatic hydroxyl groups excluding tert-OH is 1. The van der Waals surface area contributed by atoms with E-state index in [-0.39, 0.29) is 18.3 Å². The summed E-state index contributed by atoms with van der Waals surface area (Å²) in [6.07, 6.45) is 0.929. The summed E-state index contributed by atoms with van der Waals surface area (Å²) in [5.74, 6) is -0.565. The molecule has 1 amide bonds. The third-order valence-corrected chi connectivity index (χ3v) is 5.63. The summed E-state index contributed by atoms with van der Waals surface area (Å²) < 4.78 is 13.9. The molecule has 0 atom stereocenters. The van der Waals surface area contributed by atoms with Crippen molar-refractivity contribution in [2.75, 3.05) is 36.9 Å². The number of carbonyl (C=O) groups excluding carboxylic acids is 1. The van der Waals surface area contributed by atoms with E-state index < -0.39 is 0 Å². The molecule has 0 saturated heterocycles. The van der Waals surface area contributed by atoms with E-state index in [0.717, 1.165) is 34.2 Å². The first-order valence-corrected chi connectivity index (χ1v) is 9.82. The van der Waals surface area contributed by atoms with Gasteiger partial charge in [-0.3, -0.25) is 4.79 Å². The number of benzene rings is 1. The number of thiazole rings is 1. The lowest BCUT2D eigenvalue weighted by Crippen LogP contribution is -2.21. The van der Waals surface area contributed by atoms with Crippen molar-refractivity contribution in [1.82, 2.24) is 10.3 Å². The molecule has 3 rings (SSSR count). The molecule has 0 unspecified atom stereocenters. The highest BCUT2D eigenvalue weighted by Gasteiger charge is 2.14. The SMILES string of the molecule is O=C(Nc1ccc(F)cc1)c1cc2sc(NCCCNCCO)nc2s1. The van der Waals surface area contributed by atoms with Crippen molar-refractivity contribution < 1.29 is 14.3 Å². The second-order valence-corrected chi connectivity index (χ2v) is 7.58. The standard InChI is InChI=1S/C17H19FN4O2S2/c18-11-2-4-12(5-3-11)21-15(24)13-10-14-16(25-13)22-17(26-14)20-7-1-6-19-8-9-23/h2-5,10,19,23H,1,6-9H2,(H,20,22)(H,21,24). The Hall–Kier alpha value is -2.07. The zero-order chi connectivity index (χ0) is 18.4. The number of carbonyl (C=O) groups is 1. The number of rotatable bonds is 9. The van der Waals surface area contributed by atoms with Crippen LogP contribution < -0.4 is 16.0 Å². The fraction of sp³-hybridized carbons (Fsp3) is 0.294. The highest BCUT2D eigenvalue weighted by atomic mass is 32.1. The number of nitrogens with zero attached hydrogens (tertiary/aromatic N) is 1. The molecule has 3 aromatic rings. The van der Waals surface area contributed by atoms with Gasteiger partial charge in [-0.25, -0.2) is 9.37 Å². The van der Waals surface area contributed by atoms with Crippen LogP contribution in [0.25, 0.3) is 9.53 Å². The molecule has 0 fully saturated rings. The smallest absolute Gasteiger partial charge is 0.265 e. The number of hydrogen-bond acceptors (Lipinski definition) is 7. The molecule has 0 spiro atoms. The molecule has 0 radical (unpaired) electrons. The molecule has 26 heavy (non-hydrogen) atoms. The molecule has 1 aromatic carbocycles. The average Bonchev–Trinajstić information content (AvgIpc) is 3.18. The fourth-order valence-electron chi connectivity index (χ4n) is 2.26. The van der Waals surface area contributed by atoms with Gasteiger partial charge in [0.1, 0.15) is 10.6 Å². The molecule has 0 bridgehead atoms. The highest BCUT2D eigenvalue weighted by Crippen LogP contribution is 2.33. The quantitative estimate of drug-likeness (QED) is 0.419. The van der Waals surface area contributed by atoms with E-state index in [1.165, 1.54) is 46.9 Å². The lowest BCUT2D eigenvalue weighted by atomic mass is 10.3. The Labute approximate surface area is 158 Å². The van der Waals surface area contributed by atoms with Crippen molar-refractivity contribution in [3.63, 3.8) is 0 Å². The van der Waals surface area contributed by atoms with Crippen molar-refractivity contribution in [2.45, 2.75) is 6.42 Å². The van der Waals surface area contributed by atoms with Crippen LogP contribution in [0.2, 0.25) is 0 Å². The van der Waals surface area contributed by atoms with Gasteiger partial charge >= 0.3 is 0 Å². The Morgan fingerprint density at radius 2 is 1.96 bits per heavy atom. The minimum Gasteiger partial charge on any atom is -0.395 e. The van der Waals surface area contributed by atoms with Crippen LogP contribution in [0.4, 0.5) is 15.2 Å². The van der Waals surface area contributed by atoms with E-state index in [9.17, 15) is 9.18 Å². The first-order valence-electron chi connectivity index (χ1n) is 8.18. The number of halogens is 1. The molecule has 4 N–H and O–H groups in total. The first-order chi connectivity index (χ1) is 12.7. The van der Waals surface area contributed by atoms with Crippen molar-refractivity contribution in [3.05, 3.63) is 41.0 Å². The van der Waals surface area contributed by atoms with E-state index in [2.05, 4.69) is 20.9 Å². The zero-order valence-electron chi connectivity index (χ0n) is 13.9. The van der Waals surface area contributed by atoms with Gasteiger partial charge in [0.15, 0.2) is 5.13 Å². The lowest BCUT2D eigenvalue weighted by molar-refractivity contribution is 0.103. The topological polar surface area (TPSA) is 86.3 Å². The van der Waals surface area contributed by atoms with Gasteiger partial charge < -0.3 is 21.1 Å². The van der Waals surface area contributed by atoms with Crippen LogP contribution >= 0.6 is 22.7 Å². The molecule has 2 aromatic heterocycles. The van der Waals surface area contributed by atoms with Crippen LogP contribution in [-0.2, 0) is 0 Å². The molecule has 2 heterocycles. The van der Waals surface area contributed by atoms with Crippen molar-refractivity contribution in [3.8, 4) is 0 Å². The largest absolute Gasteiger partial charge is 0.395 e. The normalized spacial score (nSPS) is 11.0. The van der Waals surface area contributed by atoms with Crippen LogP contribution in [0, 0.1) is 5.82 Å². The first kappa shape index (κ1) is 18.7. The van der Waals surface area contributed by atoms with Crippen LogP contribution in [0.15, 0.2) is 30.3 Å². The summed E-state index contributed by atoms with van der Waals surface area (Å²) >= 11 is 2.84. The minimum atomic E-state index is -0.340. The maximum Gasteiger partial charge on any atom is 0.265 e. The highest BCUT2D eigenvalue weighted by molar-refractivity contribution is 7.29. The fourth-order valence-corrected chi connectivity index (χ4v) is 4.30. The van der Waals surface area contributed by atoms with Crippen molar-refractivity contribution in [2.24, 2.45) is 0 Å². The predicted octanol–water partition coefficient (Wildman–Crippen LogP) is 3.13. The summed E-state index contributed by atoms with van der Waals surface area (Å²) in [6.45, 7) is 2.38. The Bertz CT molecular complexity index is 832. The van der Waals surface area contributed by atoms with Gasteiger partial charge in [0.2, 0.25) is 0 Å². The second-order valence-electron chi connectivity index (χ2n) is 5.51. The van der Waals surface area contributed by atoms with Crippen LogP contribution in [0.5, 0.6) is 0 Å². The van der Waals surface area contributed by atoms with Crippen LogP contribution in [0.1, 0.15) is 16.1 Å². The Balaban J connectivity index is 1.54. The number of hydrogen-bond donors (Lipinski definition) is 4. The molecule has 0 aliphatic rings. The molecule has 138 valence electrons. The Morgan fingerprint density at radius 1 is 1.15 bits per heavy atom. The number of nitrogens with one attached hydrogen (secondary N) is 3. The predicted molar refractivity (Wildman–Crippen MR) is 105 cm³/mol. The molecule has 0 aliphatic carbocycles. The Morgan fingerprint density at radius 3 is 2.69 bits per heavy atom. The van der Waals surface area contributed by atoms with E-state index in [4.69, 9.17) is 5.11 Å². The minimum absolute atomic E-state index is 0.146. The van der Waals surface area contributed by atoms with E-state index in [1.807, 2.05) is 6.07 Å². The summed E-state index contributed by atoms with van der Waals surface area (Å²) in [5.41, 5.74) is 0.554. The van der Waals surface area contributed by atoms with Gasteiger partial charge in [-0.05, 0) is 43.3 Å². The third kappa shape index (κ3) is 4.98. The van der Waals surface area contributed by atoms with Gasteiger partial charge in [0.05, 0.1) is 16.2 Å². The van der Waals surface area contributed by atoms with Gasteiger partial charge in [-0.2, -0.15) is 0 Å². The summed E-state index contributed by atoms with van der Waals surface area (Å²) in [4.78, 5) is 18.2. The van der Waals surface area contributed by atoms with Gasteiger partial charge in [0, 0.05) is 18.8 Å². The number of thiophene rings is 1. The van der Waals surface area contributed by atoms with Crippen LogP contribution in [-0.4, -0.2) is 42.2 Å². The average molecular weight is 394 g/mol. The summed E-state index contributed by atoms with van der Waals surface area (Å²) in [7, 11) is 0. The van der Waals surface area contributed by atoms with E-state index >= 15 is 0 Å². The number of fused-ring (bicyclic) bond motifs is 1. The number of anilines is 2. The maximum absolute atomic E-state index is 12.9. The summed E-state index contributed by atoms with van der Waals surface area (Å²) in [5, 5.41) is 18.6. The van der Waals surface area contributed by atoms with Gasteiger partial charge in [-0.15, -0.1) is 11.3 Å². The maximum atomic E-state index is 12.9. The second kappa shape index (κ2) is 9.04. The molecule has 0 aliphatic heterocycles. The lowest BCUT2D eigenvalue weighted by Gasteiger charge is -2.03. The van der Waals surface area contributed by atoms with E-state index in [1.54, 1.807) is 0 Å². The number of aliphatic hydroxyl groups is 1. The monoisotopic (exact) mass is 394 g/mol. The summed E-state index contributed by atoms with van der Waals surface area (Å²) in [6, 6.07) is 7.49. The third-order valence-electron chi connectivity index (χ3n) is 3.51. The van der Waals surface area contributed by atoms with Crippen molar-refractivity contribution >= 4 is 48.9 Å². The van der Waals surface area contributed by atoms with Crippen molar-refractivity contribution in [1.29, 1.82) is 0 Å². The molecule has 9 heteroatoms. The molecular weight excluding hydrogens is 375 g/mol. The van der Waals surface area contributed by atoms with Gasteiger partial charge in [0.25, 0.3) is 5.91 Å². The van der Waals surface area contributed by atoms with E-state index in [0.29, 0.717) is 17.1 Å². The molecule has 0 saturated carbocycles.